The minimum atomic E-state index is -0.887. The summed E-state index contributed by atoms with van der Waals surface area (Å²) in [4.78, 5) is 25.8. The van der Waals surface area contributed by atoms with Crippen molar-refractivity contribution < 1.29 is 14.7 Å². The van der Waals surface area contributed by atoms with E-state index in [2.05, 4.69) is 5.10 Å². The zero-order chi connectivity index (χ0) is 17.8. The Balaban J connectivity index is 1.60. The van der Waals surface area contributed by atoms with Gasteiger partial charge in [-0.1, -0.05) is 18.2 Å². The molecular weight excluding hydrogens is 318 g/mol. The summed E-state index contributed by atoms with van der Waals surface area (Å²) < 4.78 is 1.82. The highest BCUT2D eigenvalue weighted by atomic mass is 16.4. The van der Waals surface area contributed by atoms with Gasteiger partial charge in [-0.15, -0.1) is 0 Å². The van der Waals surface area contributed by atoms with Crippen LogP contribution in [0.2, 0.25) is 0 Å². The minimum Gasteiger partial charge on any atom is -0.478 e. The molecule has 1 aromatic heterocycles. The fourth-order valence-corrected chi connectivity index (χ4v) is 3.44. The molecular formula is C19H23N3O3. The minimum absolute atomic E-state index is 0.112. The Morgan fingerprint density at radius 1 is 1.24 bits per heavy atom. The van der Waals surface area contributed by atoms with Gasteiger partial charge in [0, 0.05) is 25.8 Å². The van der Waals surface area contributed by atoms with Crippen LogP contribution in [0.4, 0.5) is 0 Å². The van der Waals surface area contributed by atoms with Gasteiger partial charge in [0.15, 0.2) is 0 Å². The van der Waals surface area contributed by atoms with Crippen LogP contribution in [0.1, 0.15) is 47.2 Å². The van der Waals surface area contributed by atoms with Crippen molar-refractivity contribution in [3.8, 4) is 0 Å². The molecule has 0 bridgehead atoms. The highest BCUT2D eigenvalue weighted by Gasteiger charge is 2.26. The van der Waals surface area contributed by atoms with Crippen LogP contribution in [0.25, 0.3) is 0 Å². The number of carboxylic acids is 1. The maximum Gasteiger partial charge on any atom is 0.335 e. The number of aryl methyl sites for hydroxylation is 1. The Morgan fingerprint density at radius 3 is 2.60 bits per heavy atom. The Morgan fingerprint density at radius 2 is 1.96 bits per heavy atom. The fourth-order valence-electron chi connectivity index (χ4n) is 3.44. The van der Waals surface area contributed by atoms with E-state index in [0.717, 1.165) is 30.5 Å². The van der Waals surface area contributed by atoms with E-state index in [-0.39, 0.29) is 11.8 Å². The number of hydrogen-bond donors (Lipinski definition) is 1. The Kier molecular flexibility index (Phi) is 5.16. The summed E-state index contributed by atoms with van der Waals surface area (Å²) in [6.45, 7) is 4.14. The Bertz CT molecular complexity index is 761. The zero-order valence-corrected chi connectivity index (χ0v) is 14.4. The lowest BCUT2D eigenvalue weighted by molar-refractivity contribution is -0.131. The Labute approximate surface area is 147 Å². The molecule has 6 nitrogen and oxygen atoms in total. The highest BCUT2D eigenvalue weighted by Crippen LogP contribution is 2.30. The van der Waals surface area contributed by atoms with Gasteiger partial charge >= 0.3 is 5.97 Å². The first-order chi connectivity index (χ1) is 12.1. The van der Waals surface area contributed by atoms with Crippen molar-refractivity contribution in [2.24, 2.45) is 0 Å². The molecule has 1 fully saturated rings. The second-order valence-electron chi connectivity index (χ2n) is 6.43. The van der Waals surface area contributed by atoms with Gasteiger partial charge in [0.1, 0.15) is 0 Å². The fraction of sp³-hybridized carbons (Fsp3) is 0.421. The maximum atomic E-state index is 12.5. The average molecular weight is 341 g/mol. The number of rotatable bonds is 5. The second-order valence-corrected chi connectivity index (χ2v) is 6.43. The first-order valence-electron chi connectivity index (χ1n) is 8.69. The van der Waals surface area contributed by atoms with Gasteiger partial charge in [0.25, 0.3) is 0 Å². The number of nitrogens with zero attached hydrogens (tertiary/aromatic N) is 3. The van der Waals surface area contributed by atoms with Crippen molar-refractivity contribution in [3.63, 3.8) is 0 Å². The van der Waals surface area contributed by atoms with Gasteiger partial charge in [0.2, 0.25) is 5.91 Å². The summed E-state index contributed by atoms with van der Waals surface area (Å²) in [5.74, 6) is -0.582. The zero-order valence-electron chi connectivity index (χ0n) is 14.4. The molecule has 1 N–H and O–H groups in total. The van der Waals surface area contributed by atoms with Crippen LogP contribution in [0, 0.1) is 0 Å². The van der Waals surface area contributed by atoms with Gasteiger partial charge in [0.05, 0.1) is 18.2 Å². The van der Waals surface area contributed by atoms with Gasteiger partial charge in [-0.05, 0) is 42.9 Å². The van der Waals surface area contributed by atoms with Crippen LogP contribution in [0.5, 0.6) is 0 Å². The van der Waals surface area contributed by atoms with Crippen molar-refractivity contribution in [2.45, 2.75) is 38.6 Å². The van der Waals surface area contributed by atoms with Gasteiger partial charge in [-0.3, -0.25) is 9.48 Å². The van der Waals surface area contributed by atoms with Crippen molar-refractivity contribution in [2.75, 3.05) is 13.1 Å². The van der Waals surface area contributed by atoms with Crippen LogP contribution in [-0.2, 0) is 17.8 Å². The summed E-state index contributed by atoms with van der Waals surface area (Å²) in [5, 5.41) is 13.6. The summed E-state index contributed by atoms with van der Waals surface area (Å²) in [7, 11) is 0. The summed E-state index contributed by atoms with van der Waals surface area (Å²) in [6, 6.07) is 7.18. The number of likely N-dealkylation sites (tertiary alicyclic amines) is 1. The standard InChI is InChI=1S/C19H23N3O3/c1-2-22-13-14(12-20-22)11-18(23)21-9-7-15(8-10-21)16-5-3-4-6-17(16)19(24)25/h3-6,12-13,15H,2,7-11H2,1H3,(H,24,25). The van der Waals surface area contributed by atoms with Gasteiger partial charge in [-0.2, -0.15) is 5.10 Å². The first-order valence-corrected chi connectivity index (χ1v) is 8.69. The number of carbonyl (C=O) groups excluding carboxylic acids is 1. The van der Waals surface area contributed by atoms with E-state index in [0.29, 0.717) is 25.1 Å². The molecule has 0 spiro atoms. The number of hydrogen-bond acceptors (Lipinski definition) is 3. The molecule has 6 heteroatoms. The molecule has 0 radical (unpaired) electrons. The van der Waals surface area contributed by atoms with E-state index in [1.807, 2.05) is 34.8 Å². The third-order valence-electron chi connectivity index (χ3n) is 4.84. The SMILES string of the molecule is CCn1cc(CC(=O)N2CCC(c3ccccc3C(=O)O)CC2)cn1. The van der Waals surface area contributed by atoms with Gasteiger partial charge < -0.3 is 10.0 Å². The predicted octanol–water partition coefficient (Wildman–Crippen LogP) is 2.55. The van der Waals surface area contributed by atoms with Crippen LogP contribution >= 0.6 is 0 Å². The smallest absolute Gasteiger partial charge is 0.335 e. The van der Waals surface area contributed by atoms with E-state index in [4.69, 9.17) is 0 Å². The molecule has 1 aliphatic heterocycles. The number of aromatic nitrogens is 2. The molecule has 2 aromatic rings. The lowest BCUT2D eigenvalue weighted by atomic mass is 9.86. The lowest BCUT2D eigenvalue weighted by Crippen LogP contribution is -2.39. The van der Waals surface area contributed by atoms with Crippen molar-refractivity contribution in [1.82, 2.24) is 14.7 Å². The van der Waals surface area contributed by atoms with Crippen LogP contribution in [0.3, 0.4) is 0 Å². The molecule has 1 saturated heterocycles. The topological polar surface area (TPSA) is 75.4 Å². The van der Waals surface area contributed by atoms with Crippen LogP contribution < -0.4 is 0 Å². The molecule has 0 atom stereocenters. The average Bonchev–Trinajstić information content (AvgIpc) is 3.09. The molecule has 1 amide bonds. The molecule has 0 saturated carbocycles. The van der Waals surface area contributed by atoms with E-state index >= 15 is 0 Å². The second kappa shape index (κ2) is 7.51. The van der Waals surface area contributed by atoms with Gasteiger partial charge in [-0.25, -0.2) is 4.79 Å². The number of carbonyl (C=O) groups is 2. The highest BCUT2D eigenvalue weighted by molar-refractivity contribution is 5.89. The maximum absolute atomic E-state index is 12.5. The summed E-state index contributed by atoms with van der Waals surface area (Å²) in [6.07, 6.45) is 5.62. The monoisotopic (exact) mass is 341 g/mol. The number of aromatic carboxylic acids is 1. The molecule has 0 unspecified atom stereocenters. The van der Waals surface area contributed by atoms with Crippen LogP contribution in [-0.4, -0.2) is 44.8 Å². The first kappa shape index (κ1) is 17.2. The third kappa shape index (κ3) is 3.90. The molecule has 3 rings (SSSR count). The summed E-state index contributed by atoms with van der Waals surface area (Å²) >= 11 is 0. The van der Waals surface area contributed by atoms with Crippen molar-refractivity contribution in [1.29, 1.82) is 0 Å². The number of amides is 1. The molecule has 25 heavy (non-hydrogen) atoms. The third-order valence-corrected chi connectivity index (χ3v) is 4.84. The number of carboxylic acid groups (broad SMARTS) is 1. The van der Waals surface area contributed by atoms with E-state index in [1.165, 1.54) is 0 Å². The molecule has 1 aliphatic rings. The quantitative estimate of drug-likeness (QED) is 0.907. The van der Waals surface area contributed by atoms with E-state index < -0.39 is 5.97 Å². The molecule has 132 valence electrons. The van der Waals surface area contributed by atoms with Crippen LogP contribution in [0.15, 0.2) is 36.7 Å². The van der Waals surface area contributed by atoms with Crippen molar-refractivity contribution >= 4 is 11.9 Å². The lowest BCUT2D eigenvalue weighted by Gasteiger charge is -2.32. The number of benzene rings is 1. The number of piperidine rings is 1. The summed E-state index contributed by atoms with van der Waals surface area (Å²) in [5.41, 5.74) is 2.19. The molecule has 0 aliphatic carbocycles. The van der Waals surface area contributed by atoms with E-state index in [1.54, 1.807) is 18.3 Å². The molecule has 1 aromatic carbocycles. The largest absolute Gasteiger partial charge is 0.478 e. The predicted molar refractivity (Wildman–Crippen MR) is 93.6 cm³/mol. The van der Waals surface area contributed by atoms with E-state index in [9.17, 15) is 14.7 Å². The van der Waals surface area contributed by atoms with Crippen molar-refractivity contribution in [3.05, 3.63) is 53.3 Å². The molecule has 2 heterocycles. The normalized spacial score (nSPS) is 15.3. The Hall–Kier alpha value is -2.63.